The highest BCUT2D eigenvalue weighted by Gasteiger charge is 2.47. The van der Waals surface area contributed by atoms with Crippen LogP contribution >= 0.6 is 0 Å². The predicted octanol–water partition coefficient (Wildman–Crippen LogP) is 7.16. The van der Waals surface area contributed by atoms with Crippen LogP contribution < -0.4 is 25.4 Å². The number of aryl methyl sites for hydroxylation is 1. The van der Waals surface area contributed by atoms with E-state index in [0.29, 0.717) is 24.1 Å². The van der Waals surface area contributed by atoms with Gasteiger partial charge in [0.05, 0.1) is 16.7 Å². The number of amides is 1. The van der Waals surface area contributed by atoms with Gasteiger partial charge in [0.15, 0.2) is 0 Å². The molecule has 1 aliphatic heterocycles. The fourth-order valence-electron chi connectivity index (χ4n) is 7.30. The molecule has 5 aromatic rings. The Morgan fingerprint density at radius 2 is 1.48 bits per heavy atom. The number of carbonyl (C=O) groups excluding carboxylic acids is 1. The minimum Gasteiger partial charge on any atom is -0.473 e. The lowest BCUT2D eigenvalue weighted by Crippen LogP contribution is -2.55. The molecule has 0 bridgehead atoms. The molecule has 2 aliphatic rings. The molecule has 2 aromatic heterocycles. The molecule has 1 saturated carbocycles. The minimum absolute atomic E-state index is 0.150. The predicted molar refractivity (Wildman–Crippen MR) is 194 cm³/mol. The summed E-state index contributed by atoms with van der Waals surface area (Å²) < 4.78 is 21.3. The van der Waals surface area contributed by atoms with Crippen molar-refractivity contribution in [1.82, 2.24) is 19.4 Å². The Hall–Kier alpha value is -5.25. The molecule has 3 heterocycles. The van der Waals surface area contributed by atoms with Crippen molar-refractivity contribution in [2.24, 2.45) is 12.5 Å². The van der Waals surface area contributed by atoms with Gasteiger partial charge >= 0.3 is 11.8 Å². The largest absolute Gasteiger partial charge is 0.473 e. The number of piperidine rings is 1. The molecule has 2 fully saturated rings. The zero-order valence-electron chi connectivity index (χ0n) is 29.2. The molecule has 1 saturated heterocycles. The minimum atomic E-state index is -0.509. The molecule has 10 nitrogen and oxygen atoms in total. The lowest BCUT2D eigenvalue weighted by Gasteiger charge is -2.52. The maximum atomic E-state index is 14.1. The number of rotatable bonds is 9. The molecule has 50 heavy (non-hydrogen) atoms. The van der Waals surface area contributed by atoms with E-state index in [1.807, 2.05) is 107 Å². The summed E-state index contributed by atoms with van der Waals surface area (Å²) in [4.78, 5) is 33.5. The average molecular weight is 676 g/mol. The quantitative estimate of drug-likeness (QED) is 0.177. The number of hydrogen-bond acceptors (Lipinski definition) is 7. The number of hydrogen-bond donors (Lipinski definition) is 1. The molecule has 1 spiro atoms. The molecule has 1 aliphatic carbocycles. The van der Waals surface area contributed by atoms with Gasteiger partial charge in [-0.1, -0.05) is 66.7 Å². The number of alkyl carbamates (subject to hydrolysis) is 1. The van der Waals surface area contributed by atoms with E-state index >= 15 is 0 Å². The van der Waals surface area contributed by atoms with Crippen LogP contribution in [0.1, 0.15) is 57.6 Å². The molecule has 10 heteroatoms. The van der Waals surface area contributed by atoms with Crippen molar-refractivity contribution in [3.8, 4) is 17.4 Å². The highest BCUT2D eigenvalue weighted by Crippen LogP contribution is 2.50. The Bertz CT molecular complexity index is 2020. The number of pyridine rings is 1. The van der Waals surface area contributed by atoms with Crippen molar-refractivity contribution in [2.75, 3.05) is 18.0 Å². The summed E-state index contributed by atoms with van der Waals surface area (Å²) in [6.07, 6.45) is 3.63. The lowest BCUT2D eigenvalue weighted by molar-refractivity contribution is 0.0234. The van der Waals surface area contributed by atoms with Gasteiger partial charge in [-0.05, 0) is 81.2 Å². The van der Waals surface area contributed by atoms with Crippen LogP contribution in [0.3, 0.4) is 0 Å². The van der Waals surface area contributed by atoms with Crippen LogP contribution in [0.25, 0.3) is 16.7 Å². The molecular formula is C40H45N5O5. The molecule has 0 unspecified atom stereocenters. The topological polar surface area (TPSA) is 99.9 Å². The lowest BCUT2D eigenvalue weighted by atomic mass is 9.60. The first-order valence-corrected chi connectivity index (χ1v) is 17.4. The molecule has 0 atom stereocenters. The summed E-state index contributed by atoms with van der Waals surface area (Å²) in [7, 11) is 1.82. The van der Waals surface area contributed by atoms with Crippen LogP contribution in [0, 0.1) is 5.41 Å². The number of fused-ring (bicyclic) bond motifs is 1. The molecule has 260 valence electrons. The summed E-state index contributed by atoms with van der Waals surface area (Å²) in [5.74, 6) is 0.732. The van der Waals surface area contributed by atoms with Crippen LogP contribution in [0.2, 0.25) is 0 Å². The zero-order valence-corrected chi connectivity index (χ0v) is 29.2. The van der Waals surface area contributed by atoms with E-state index < -0.39 is 5.60 Å². The van der Waals surface area contributed by atoms with E-state index in [9.17, 15) is 9.59 Å². The number of imidazole rings is 1. The van der Waals surface area contributed by atoms with Gasteiger partial charge in [0.25, 0.3) is 0 Å². The second-order valence-electron chi connectivity index (χ2n) is 14.6. The number of para-hydroxylation sites is 1. The van der Waals surface area contributed by atoms with E-state index in [-0.39, 0.29) is 29.8 Å². The van der Waals surface area contributed by atoms with Gasteiger partial charge in [-0.2, -0.15) is 4.98 Å². The summed E-state index contributed by atoms with van der Waals surface area (Å²) in [6, 6.07) is 29.7. The summed E-state index contributed by atoms with van der Waals surface area (Å²) in [5, 5.41) is 3.05. The Morgan fingerprint density at radius 1 is 0.840 bits per heavy atom. The Labute approximate surface area is 292 Å². The molecular weight excluding hydrogens is 630 g/mol. The standard InChI is InChI=1S/C40H45N5O5/c1-39(2,3)50-37(46)41-30-24-40(25-30)20-22-44(23-21-40)31-16-11-17-32-35(31)43(4)38(47)45(32)33-18-19-34(48-26-28-12-7-5-8-13-28)42-36(33)49-27-29-14-9-6-10-15-29/h5-19,30H,20-27H2,1-4H3,(H,41,46). The second-order valence-corrected chi connectivity index (χ2v) is 14.6. The smallest absolute Gasteiger partial charge is 0.407 e. The zero-order chi connectivity index (χ0) is 34.9. The maximum Gasteiger partial charge on any atom is 0.407 e. The Kier molecular flexibility index (Phi) is 9.03. The highest BCUT2D eigenvalue weighted by molar-refractivity contribution is 5.91. The normalized spacial score (nSPS) is 15.9. The van der Waals surface area contributed by atoms with Crippen LogP contribution in [0.5, 0.6) is 11.8 Å². The Morgan fingerprint density at radius 3 is 2.12 bits per heavy atom. The average Bonchev–Trinajstić information content (AvgIpc) is 3.35. The molecule has 7 rings (SSSR count). The number of anilines is 1. The van der Waals surface area contributed by atoms with Crippen LogP contribution in [0.15, 0.2) is 95.8 Å². The first kappa shape index (κ1) is 33.3. The fraction of sp³-hybridized carbons (Fsp3) is 0.375. The Balaban J connectivity index is 1.13. The van der Waals surface area contributed by atoms with Gasteiger partial charge in [-0.3, -0.25) is 9.13 Å². The number of ether oxygens (including phenoxy) is 3. The molecule has 1 N–H and O–H groups in total. The van der Waals surface area contributed by atoms with Crippen molar-refractivity contribution in [1.29, 1.82) is 0 Å². The van der Waals surface area contributed by atoms with Crippen molar-refractivity contribution in [3.05, 3.63) is 113 Å². The van der Waals surface area contributed by atoms with Crippen molar-refractivity contribution in [3.63, 3.8) is 0 Å². The van der Waals surface area contributed by atoms with Crippen LogP contribution in [-0.4, -0.2) is 44.9 Å². The monoisotopic (exact) mass is 675 g/mol. The van der Waals surface area contributed by atoms with Gasteiger partial charge in [0, 0.05) is 32.2 Å². The van der Waals surface area contributed by atoms with Crippen LogP contribution in [-0.2, 0) is 25.0 Å². The van der Waals surface area contributed by atoms with E-state index in [2.05, 4.69) is 16.3 Å². The maximum absolute atomic E-state index is 14.1. The SMILES string of the molecule is Cn1c(=O)n(-c2ccc(OCc3ccccc3)nc2OCc2ccccc2)c2cccc(N3CCC4(CC3)CC(NC(=O)OC(C)(C)C)C4)c21. The van der Waals surface area contributed by atoms with Crippen molar-refractivity contribution < 1.29 is 19.0 Å². The van der Waals surface area contributed by atoms with Gasteiger partial charge in [0.2, 0.25) is 11.8 Å². The third-order valence-corrected chi connectivity index (χ3v) is 9.80. The van der Waals surface area contributed by atoms with Crippen LogP contribution in [0.4, 0.5) is 10.5 Å². The molecule has 1 amide bonds. The highest BCUT2D eigenvalue weighted by atomic mass is 16.6. The van der Waals surface area contributed by atoms with E-state index in [1.54, 1.807) is 15.2 Å². The number of carbonyl (C=O) groups is 1. The van der Waals surface area contributed by atoms with E-state index in [4.69, 9.17) is 19.2 Å². The first-order valence-electron chi connectivity index (χ1n) is 17.4. The van der Waals surface area contributed by atoms with Gasteiger partial charge in [0.1, 0.15) is 24.5 Å². The van der Waals surface area contributed by atoms with Gasteiger partial charge in [-0.15, -0.1) is 0 Å². The summed E-state index contributed by atoms with van der Waals surface area (Å²) in [6.45, 7) is 8.03. The third-order valence-electron chi connectivity index (χ3n) is 9.80. The second kappa shape index (κ2) is 13.6. The number of nitrogens with zero attached hydrogens (tertiary/aromatic N) is 4. The van der Waals surface area contributed by atoms with Crippen molar-refractivity contribution >= 4 is 22.8 Å². The molecule has 3 aromatic carbocycles. The number of aromatic nitrogens is 3. The molecule has 0 radical (unpaired) electrons. The first-order chi connectivity index (χ1) is 24.1. The fourth-order valence-corrected chi connectivity index (χ4v) is 7.30. The van der Waals surface area contributed by atoms with Crippen molar-refractivity contribution in [2.45, 2.75) is 71.3 Å². The number of nitrogens with one attached hydrogen (secondary N) is 1. The third kappa shape index (κ3) is 7.06. The van der Waals surface area contributed by atoms with Gasteiger partial charge < -0.3 is 24.4 Å². The summed E-state index contributed by atoms with van der Waals surface area (Å²) in [5.41, 5.74) is 4.78. The number of benzene rings is 3. The van der Waals surface area contributed by atoms with Gasteiger partial charge in [-0.25, -0.2) is 9.59 Å². The summed E-state index contributed by atoms with van der Waals surface area (Å²) >= 11 is 0. The van der Waals surface area contributed by atoms with E-state index in [0.717, 1.165) is 66.6 Å². The van der Waals surface area contributed by atoms with E-state index in [1.165, 1.54) is 0 Å².